The molecule has 10 unspecified atom stereocenters. The molecule has 37 heavy (non-hydrogen) atoms. The molecule has 0 amide bonds. The lowest BCUT2D eigenvalue weighted by atomic mass is 9.33. The summed E-state index contributed by atoms with van der Waals surface area (Å²) < 4.78 is 11.6. The second kappa shape index (κ2) is 7.28. The van der Waals surface area contributed by atoms with Crippen molar-refractivity contribution in [2.45, 2.75) is 105 Å². The van der Waals surface area contributed by atoms with Crippen LogP contribution in [0.1, 0.15) is 92.9 Å². The fourth-order valence-electron chi connectivity index (χ4n) is 11.2. The van der Waals surface area contributed by atoms with Crippen molar-refractivity contribution in [2.24, 2.45) is 50.2 Å². The van der Waals surface area contributed by atoms with Gasteiger partial charge in [-0.25, -0.2) is 0 Å². The molecule has 1 heterocycles. The lowest BCUT2D eigenvalue weighted by Gasteiger charge is -2.69. The number of allylic oxidation sites excluding steroid dienone is 1. The average molecular weight is 513 g/mol. The molecule has 6 heteroatoms. The van der Waals surface area contributed by atoms with Crippen molar-refractivity contribution < 1.29 is 29.0 Å². The van der Waals surface area contributed by atoms with Crippen molar-refractivity contribution in [1.29, 1.82) is 0 Å². The second-order valence-electron chi connectivity index (χ2n) is 15.1. The predicted molar refractivity (Wildman–Crippen MR) is 137 cm³/mol. The summed E-state index contributed by atoms with van der Waals surface area (Å²) >= 11 is 0. The van der Waals surface area contributed by atoms with E-state index in [0.29, 0.717) is 25.7 Å². The van der Waals surface area contributed by atoms with Crippen molar-refractivity contribution >= 4 is 17.7 Å². The maximum atomic E-state index is 14.4. The zero-order valence-electron chi connectivity index (χ0n) is 23.6. The molecule has 1 aliphatic heterocycles. The van der Waals surface area contributed by atoms with Crippen LogP contribution in [0.5, 0.6) is 0 Å². The first-order chi connectivity index (χ1) is 17.1. The minimum absolute atomic E-state index is 0.0765. The first-order valence-electron chi connectivity index (χ1n) is 14.4. The van der Waals surface area contributed by atoms with Crippen LogP contribution in [0.3, 0.4) is 0 Å². The molecule has 0 aromatic rings. The summed E-state index contributed by atoms with van der Waals surface area (Å²) in [7, 11) is 1.48. The van der Waals surface area contributed by atoms with E-state index in [1.165, 1.54) is 7.11 Å². The molecular formula is C31H44O6. The van der Waals surface area contributed by atoms with Crippen LogP contribution < -0.4 is 0 Å². The van der Waals surface area contributed by atoms with E-state index in [-0.39, 0.29) is 63.9 Å². The SMILES string of the molecule is COC(=O)C12CCC3(C)C4CC(C)(CC3C1=CC(=O)C1C3(C)CCC(O)C(C)(C)C3CCC12C)C(=O)O4. The molecule has 0 aromatic carbocycles. The zero-order valence-corrected chi connectivity index (χ0v) is 23.6. The van der Waals surface area contributed by atoms with Gasteiger partial charge in [-0.2, -0.15) is 0 Å². The van der Waals surface area contributed by atoms with Crippen LogP contribution in [0, 0.1) is 50.2 Å². The van der Waals surface area contributed by atoms with Crippen LogP contribution in [-0.2, 0) is 23.9 Å². The molecule has 0 radical (unpaired) electrons. The van der Waals surface area contributed by atoms with Gasteiger partial charge in [0.1, 0.15) is 6.10 Å². The van der Waals surface area contributed by atoms with Crippen molar-refractivity contribution in [1.82, 2.24) is 0 Å². The van der Waals surface area contributed by atoms with Crippen LogP contribution in [0.25, 0.3) is 0 Å². The number of hydrogen-bond acceptors (Lipinski definition) is 6. The Morgan fingerprint density at radius 2 is 1.68 bits per heavy atom. The molecule has 6 rings (SSSR count). The Hall–Kier alpha value is -1.69. The van der Waals surface area contributed by atoms with Gasteiger partial charge in [0.05, 0.1) is 24.0 Å². The van der Waals surface area contributed by atoms with Crippen LogP contribution in [0.2, 0.25) is 0 Å². The number of aliphatic hydroxyl groups excluding tert-OH is 1. The predicted octanol–water partition coefficient (Wildman–Crippen LogP) is 5.02. The normalized spacial score (nSPS) is 53.6. The summed E-state index contributed by atoms with van der Waals surface area (Å²) in [5.74, 6) is -0.442. The minimum atomic E-state index is -0.894. The van der Waals surface area contributed by atoms with Gasteiger partial charge in [-0.1, -0.05) is 34.6 Å². The summed E-state index contributed by atoms with van der Waals surface area (Å²) in [5, 5.41) is 10.9. The van der Waals surface area contributed by atoms with Gasteiger partial charge < -0.3 is 14.6 Å². The molecule has 5 fully saturated rings. The molecule has 204 valence electrons. The number of methoxy groups -OCH3 is 1. The van der Waals surface area contributed by atoms with Crippen LogP contribution in [0.4, 0.5) is 0 Å². The maximum Gasteiger partial charge on any atom is 0.316 e. The van der Waals surface area contributed by atoms with E-state index in [0.717, 1.165) is 31.3 Å². The molecule has 1 N–H and O–H groups in total. The summed E-state index contributed by atoms with van der Waals surface area (Å²) in [6.07, 6.45) is 7.00. The number of aliphatic hydroxyl groups is 1. The number of ether oxygens (including phenoxy) is 2. The number of esters is 2. The number of rotatable bonds is 1. The first kappa shape index (κ1) is 25.6. The number of hydrogen-bond donors (Lipinski definition) is 1. The fourth-order valence-corrected chi connectivity index (χ4v) is 11.2. The molecule has 5 aliphatic carbocycles. The minimum Gasteiger partial charge on any atom is -0.468 e. The van der Waals surface area contributed by atoms with E-state index in [1.807, 2.05) is 13.0 Å². The van der Waals surface area contributed by atoms with Gasteiger partial charge in [0.15, 0.2) is 5.78 Å². The zero-order chi connectivity index (χ0) is 27.0. The summed E-state index contributed by atoms with van der Waals surface area (Å²) in [4.78, 5) is 41.4. The standard InChI is InChI=1S/C31H44O6/c1-26(2)20-8-11-30(6)23(29(20,5)10-9-21(26)33)19(32)14-17-18-15-27(3)16-22(37-24(27)34)28(18,4)12-13-31(17,30)25(35)36-7/h14,18,20-23,33H,8-13,15-16H2,1-7H3. The monoisotopic (exact) mass is 512 g/mol. The number of carbonyl (C=O) groups excluding carboxylic acids is 3. The van der Waals surface area contributed by atoms with Crippen molar-refractivity contribution in [3.8, 4) is 0 Å². The van der Waals surface area contributed by atoms with Gasteiger partial charge >= 0.3 is 11.9 Å². The van der Waals surface area contributed by atoms with Crippen molar-refractivity contribution in [3.05, 3.63) is 11.6 Å². The third kappa shape index (κ3) is 2.74. The van der Waals surface area contributed by atoms with Gasteiger partial charge in [0.25, 0.3) is 0 Å². The smallest absolute Gasteiger partial charge is 0.316 e. The summed E-state index contributed by atoms with van der Waals surface area (Å²) in [5.41, 5.74) is -2.06. The third-order valence-corrected chi connectivity index (χ3v) is 13.3. The highest BCUT2D eigenvalue weighted by Gasteiger charge is 2.75. The largest absolute Gasteiger partial charge is 0.468 e. The highest BCUT2D eigenvalue weighted by molar-refractivity contribution is 5.99. The van der Waals surface area contributed by atoms with Crippen molar-refractivity contribution in [3.63, 3.8) is 0 Å². The van der Waals surface area contributed by atoms with Gasteiger partial charge in [-0.3, -0.25) is 14.4 Å². The maximum absolute atomic E-state index is 14.4. The molecule has 2 bridgehead atoms. The molecule has 6 aliphatic rings. The Labute approximate surface area is 220 Å². The Bertz CT molecular complexity index is 1120. The Kier molecular flexibility index (Phi) is 5.03. The Morgan fingerprint density at radius 1 is 0.973 bits per heavy atom. The second-order valence-corrected chi connectivity index (χ2v) is 15.1. The third-order valence-electron chi connectivity index (χ3n) is 13.3. The van der Waals surface area contributed by atoms with Gasteiger partial charge in [-0.05, 0) is 91.6 Å². The number of fused-ring (bicyclic) bond motifs is 10. The number of ketones is 1. The quantitative estimate of drug-likeness (QED) is 0.497. The highest BCUT2D eigenvalue weighted by Crippen LogP contribution is 2.76. The van der Waals surface area contributed by atoms with E-state index in [2.05, 4.69) is 34.6 Å². The van der Waals surface area contributed by atoms with Crippen LogP contribution in [-0.4, -0.2) is 42.1 Å². The summed E-state index contributed by atoms with van der Waals surface area (Å²) in [6.45, 7) is 12.9. The fraction of sp³-hybridized carbons (Fsp3) is 0.839. The van der Waals surface area contributed by atoms with E-state index in [4.69, 9.17) is 9.47 Å². The van der Waals surface area contributed by atoms with Crippen molar-refractivity contribution in [2.75, 3.05) is 7.11 Å². The van der Waals surface area contributed by atoms with Gasteiger partial charge in [-0.15, -0.1) is 0 Å². The highest BCUT2D eigenvalue weighted by atomic mass is 16.6. The number of carbonyl (C=O) groups is 3. The van der Waals surface area contributed by atoms with Crippen LogP contribution in [0.15, 0.2) is 11.6 Å². The van der Waals surface area contributed by atoms with Crippen LogP contribution >= 0.6 is 0 Å². The van der Waals surface area contributed by atoms with Gasteiger partial charge in [0.2, 0.25) is 0 Å². The molecule has 6 nitrogen and oxygen atoms in total. The molecular weight excluding hydrogens is 468 g/mol. The average Bonchev–Trinajstić information content (AvgIpc) is 3.08. The molecule has 0 aromatic heterocycles. The molecule has 4 saturated carbocycles. The van der Waals surface area contributed by atoms with E-state index < -0.39 is 16.2 Å². The first-order valence-corrected chi connectivity index (χ1v) is 14.4. The lowest BCUT2D eigenvalue weighted by Crippen LogP contribution is -2.69. The molecule has 0 spiro atoms. The Morgan fingerprint density at radius 3 is 2.35 bits per heavy atom. The van der Waals surface area contributed by atoms with E-state index in [9.17, 15) is 19.5 Å². The lowest BCUT2D eigenvalue weighted by molar-refractivity contribution is -0.214. The van der Waals surface area contributed by atoms with E-state index >= 15 is 0 Å². The molecule has 10 atom stereocenters. The Balaban J connectivity index is 1.55. The van der Waals surface area contributed by atoms with E-state index in [1.54, 1.807) is 0 Å². The molecule has 1 saturated heterocycles. The summed E-state index contributed by atoms with van der Waals surface area (Å²) in [6, 6.07) is 0. The topological polar surface area (TPSA) is 89.9 Å². The van der Waals surface area contributed by atoms with Gasteiger partial charge in [0, 0.05) is 17.8 Å².